The fourth-order valence-corrected chi connectivity index (χ4v) is 2.26. The highest BCUT2D eigenvalue weighted by molar-refractivity contribution is 5.37. The van der Waals surface area contributed by atoms with Gasteiger partial charge in [0.1, 0.15) is 5.82 Å². The largest absolute Gasteiger partial charge is 0.417 e. The maximum atomic E-state index is 12.4. The van der Waals surface area contributed by atoms with Crippen molar-refractivity contribution >= 4 is 5.82 Å². The molecule has 0 saturated heterocycles. The summed E-state index contributed by atoms with van der Waals surface area (Å²) in [6, 6.07) is 2.81. The Morgan fingerprint density at radius 1 is 1.17 bits per heavy atom. The van der Waals surface area contributed by atoms with Crippen molar-refractivity contribution in [3.8, 4) is 0 Å². The Bertz CT molecular complexity index is 378. The molecular formula is C13H17F3N2. The van der Waals surface area contributed by atoms with E-state index in [0.717, 1.165) is 43.9 Å². The molecule has 1 fully saturated rings. The molecule has 2 rings (SSSR count). The second-order valence-electron chi connectivity index (χ2n) is 5.03. The van der Waals surface area contributed by atoms with E-state index in [2.05, 4.69) is 17.2 Å². The summed E-state index contributed by atoms with van der Waals surface area (Å²) in [6.07, 6.45) is 1.02. The zero-order chi connectivity index (χ0) is 13.2. The van der Waals surface area contributed by atoms with E-state index in [0.29, 0.717) is 11.9 Å². The topological polar surface area (TPSA) is 24.9 Å². The smallest absolute Gasteiger partial charge is 0.367 e. The van der Waals surface area contributed by atoms with Crippen molar-refractivity contribution in [3.05, 3.63) is 23.9 Å². The summed E-state index contributed by atoms with van der Waals surface area (Å²) in [5.74, 6) is 1.28. The Labute approximate surface area is 105 Å². The molecule has 0 aromatic carbocycles. The highest BCUT2D eigenvalue weighted by atomic mass is 19.4. The summed E-state index contributed by atoms with van der Waals surface area (Å²) in [4.78, 5) is 3.83. The summed E-state index contributed by atoms with van der Waals surface area (Å²) in [5.41, 5.74) is -0.703. The molecule has 5 heteroatoms. The fourth-order valence-electron chi connectivity index (χ4n) is 2.26. The second kappa shape index (κ2) is 5.16. The number of aromatic nitrogens is 1. The molecule has 0 atom stereocenters. The number of nitrogens with zero attached hydrogens (tertiary/aromatic N) is 1. The predicted octanol–water partition coefficient (Wildman–Crippen LogP) is 4.09. The Kier molecular flexibility index (Phi) is 3.78. The molecule has 1 aliphatic rings. The van der Waals surface area contributed by atoms with E-state index in [1.165, 1.54) is 6.07 Å². The maximum Gasteiger partial charge on any atom is 0.417 e. The van der Waals surface area contributed by atoms with Gasteiger partial charge in [-0.2, -0.15) is 13.2 Å². The lowest BCUT2D eigenvalue weighted by molar-refractivity contribution is -0.137. The molecule has 18 heavy (non-hydrogen) atoms. The van der Waals surface area contributed by atoms with Crippen LogP contribution in [-0.4, -0.2) is 11.0 Å². The van der Waals surface area contributed by atoms with Crippen molar-refractivity contribution in [2.45, 2.75) is 44.8 Å². The zero-order valence-corrected chi connectivity index (χ0v) is 10.3. The molecule has 1 aliphatic carbocycles. The molecular weight excluding hydrogens is 241 g/mol. The van der Waals surface area contributed by atoms with Gasteiger partial charge in [-0.15, -0.1) is 0 Å². The van der Waals surface area contributed by atoms with Crippen LogP contribution in [0.5, 0.6) is 0 Å². The van der Waals surface area contributed by atoms with Crippen molar-refractivity contribution in [1.29, 1.82) is 0 Å². The van der Waals surface area contributed by atoms with Crippen LogP contribution in [0.1, 0.15) is 38.2 Å². The lowest BCUT2D eigenvalue weighted by Crippen LogP contribution is -2.25. The van der Waals surface area contributed by atoms with Gasteiger partial charge in [-0.05, 0) is 43.7 Å². The predicted molar refractivity (Wildman–Crippen MR) is 64.3 cm³/mol. The van der Waals surface area contributed by atoms with E-state index in [9.17, 15) is 13.2 Å². The van der Waals surface area contributed by atoms with Crippen molar-refractivity contribution in [3.63, 3.8) is 0 Å². The average Bonchev–Trinajstić information content (AvgIpc) is 2.32. The summed E-state index contributed by atoms with van der Waals surface area (Å²) < 4.78 is 37.1. The summed E-state index contributed by atoms with van der Waals surface area (Å²) >= 11 is 0. The number of pyridine rings is 1. The normalized spacial score (nSPS) is 24.9. The van der Waals surface area contributed by atoms with Gasteiger partial charge < -0.3 is 5.32 Å². The van der Waals surface area contributed by atoms with Crippen LogP contribution in [0.15, 0.2) is 18.3 Å². The van der Waals surface area contributed by atoms with Crippen LogP contribution in [0.3, 0.4) is 0 Å². The van der Waals surface area contributed by atoms with Crippen LogP contribution in [-0.2, 0) is 6.18 Å². The van der Waals surface area contributed by atoms with Crippen molar-refractivity contribution in [1.82, 2.24) is 4.98 Å². The zero-order valence-electron chi connectivity index (χ0n) is 10.3. The molecule has 1 N–H and O–H groups in total. The molecule has 0 bridgehead atoms. The first-order valence-corrected chi connectivity index (χ1v) is 6.25. The van der Waals surface area contributed by atoms with E-state index in [-0.39, 0.29) is 0 Å². The van der Waals surface area contributed by atoms with E-state index in [1.54, 1.807) is 0 Å². The minimum absolute atomic E-state index is 0.338. The van der Waals surface area contributed by atoms with Gasteiger partial charge in [0.2, 0.25) is 0 Å². The van der Waals surface area contributed by atoms with E-state index < -0.39 is 11.7 Å². The number of alkyl halides is 3. The van der Waals surface area contributed by atoms with Crippen molar-refractivity contribution in [2.75, 3.05) is 5.32 Å². The summed E-state index contributed by atoms with van der Waals surface area (Å²) in [7, 11) is 0. The quantitative estimate of drug-likeness (QED) is 0.864. The third-order valence-corrected chi connectivity index (χ3v) is 3.46. The summed E-state index contributed by atoms with van der Waals surface area (Å²) in [6.45, 7) is 2.23. The first kappa shape index (κ1) is 13.2. The van der Waals surface area contributed by atoms with Gasteiger partial charge in [0.15, 0.2) is 0 Å². The Hall–Kier alpha value is -1.26. The van der Waals surface area contributed by atoms with Gasteiger partial charge in [-0.25, -0.2) is 4.98 Å². The molecule has 1 aromatic rings. The lowest BCUT2D eigenvalue weighted by atomic mass is 9.87. The van der Waals surface area contributed by atoms with Crippen molar-refractivity contribution in [2.24, 2.45) is 5.92 Å². The number of hydrogen-bond acceptors (Lipinski definition) is 2. The van der Waals surface area contributed by atoms with E-state index in [1.807, 2.05) is 0 Å². The minimum atomic E-state index is -4.31. The number of anilines is 1. The first-order valence-electron chi connectivity index (χ1n) is 6.25. The average molecular weight is 258 g/mol. The Morgan fingerprint density at radius 3 is 2.33 bits per heavy atom. The molecule has 1 heterocycles. The van der Waals surface area contributed by atoms with Gasteiger partial charge in [0.25, 0.3) is 0 Å². The molecule has 0 unspecified atom stereocenters. The molecule has 100 valence electrons. The number of nitrogens with one attached hydrogen (secondary N) is 1. The fraction of sp³-hybridized carbons (Fsp3) is 0.615. The minimum Gasteiger partial charge on any atom is -0.367 e. The van der Waals surface area contributed by atoms with Crippen molar-refractivity contribution < 1.29 is 13.2 Å². The van der Waals surface area contributed by atoms with Crippen LogP contribution in [0.4, 0.5) is 19.0 Å². The Morgan fingerprint density at radius 2 is 1.83 bits per heavy atom. The highest BCUT2D eigenvalue weighted by Crippen LogP contribution is 2.30. The molecule has 0 radical (unpaired) electrons. The third kappa shape index (κ3) is 3.37. The van der Waals surface area contributed by atoms with E-state index >= 15 is 0 Å². The van der Waals surface area contributed by atoms with E-state index in [4.69, 9.17) is 0 Å². The number of rotatable bonds is 2. The van der Waals surface area contributed by atoms with Crippen LogP contribution in [0.2, 0.25) is 0 Å². The molecule has 1 saturated carbocycles. The molecule has 0 aliphatic heterocycles. The Balaban J connectivity index is 1.94. The maximum absolute atomic E-state index is 12.4. The van der Waals surface area contributed by atoms with Gasteiger partial charge in [0.05, 0.1) is 5.56 Å². The van der Waals surface area contributed by atoms with Gasteiger partial charge in [-0.1, -0.05) is 6.92 Å². The van der Waals surface area contributed by atoms with Crippen LogP contribution >= 0.6 is 0 Å². The summed E-state index contributed by atoms with van der Waals surface area (Å²) in [5, 5.41) is 3.20. The second-order valence-corrected chi connectivity index (χ2v) is 5.03. The lowest BCUT2D eigenvalue weighted by Gasteiger charge is -2.27. The van der Waals surface area contributed by atoms with Crippen LogP contribution in [0, 0.1) is 5.92 Å². The number of halogens is 3. The van der Waals surface area contributed by atoms with Gasteiger partial charge >= 0.3 is 6.18 Å². The van der Waals surface area contributed by atoms with Crippen LogP contribution in [0.25, 0.3) is 0 Å². The molecule has 2 nitrogen and oxygen atoms in total. The first-order chi connectivity index (χ1) is 8.45. The standard InChI is InChI=1S/C13H17F3N2/c1-9-2-5-11(6-3-9)18-12-7-4-10(8-17-12)13(14,15)16/h4,7-9,11H,2-3,5-6H2,1H3,(H,17,18)/t9-,11-. The third-order valence-electron chi connectivity index (χ3n) is 3.46. The highest BCUT2D eigenvalue weighted by Gasteiger charge is 2.30. The number of hydrogen-bond donors (Lipinski definition) is 1. The molecule has 0 spiro atoms. The molecule has 0 amide bonds. The SMILES string of the molecule is C[C@H]1CC[C@H](Nc2ccc(C(F)(F)F)cn2)CC1. The van der Waals surface area contributed by atoms with Gasteiger partial charge in [0, 0.05) is 12.2 Å². The van der Waals surface area contributed by atoms with Crippen LogP contribution < -0.4 is 5.32 Å². The van der Waals surface area contributed by atoms with Gasteiger partial charge in [-0.3, -0.25) is 0 Å². The molecule has 1 aromatic heterocycles. The monoisotopic (exact) mass is 258 g/mol.